The standard InChI is InChI=1S/C18H19BrClNO4/c1-4-7-25-17-13(20)8-11(9-16(17)24-3)18(22)21-14-10-12(19)5-6-15(14)23-2/h5-6,8-10H,4,7H2,1-3H3,(H,21,22). The van der Waals surface area contributed by atoms with E-state index in [0.717, 1.165) is 10.9 Å². The van der Waals surface area contributed by atoms with E-state index in [4.69, 9.17) is 25.8 Å². The molecule has 5 nitrogen and oxygen atoms in total. The average molecular weight is 429 g/mol. The monoisotopic (exact) mass is 427 g/mol. The van der Waals surface area contributed by atoms with Gasteiger partial charge in [0.25, 0.3) is 5.91 Å². The van der Waals surface area contributed by atoms with Crippen LogP contribution in [0.1, 0.15) is 23.7 Å². The Kier molecular flexibility index (Phi) is 6.96. The van der Waals surface area contributed by atoms with Gasteiger partial charge in [0.1, 0.15) is 5.75 Å². The van der Waals surface area contributed by atoms with Gasteiger partial charge in [-0.15, -0.1) is 0 Å². The third-order valence-corrected chi connectivity index (χ3v) is 4.13. The quantitative estimate of drug-likeness (QED) is 0.662. The van der Waals surface area contributed by atoms with Gasteiger partial charge in [0.2, 0.25) is 0 Å². The number of halogens is 2. The third kappa shape index (κ3) is 4.80. The van der Waals surface area contributed by atoms with E-state index >= 15 is 0 Å². The fourth-order valence-corrected chi connectivity index (χ4v) is 2.79. The van der Waals surface area contributed by atoms with Crippen LogP contribution in [0.5, 0.6) is 17.2 Å². The molecular weight excluding hydrogens is 410 g/mol. The number of hydrogen-bond acceptors (Lipinski definition) is 4. The average Bonchev–Trinajstić information content (AvgIpc) is 2.60. The van der Waals surface area contributed by atoms with Gasteiger partial charge in [-0.1, -0.05) is 34.5 Å². The summed E-state index contributed by atoms with van der Waals surface area (Å²) in [7, 11) is 3.04. The summed E-state index contributed by atoms with van der Waals surface area (Å²) in [5.74, 6) is 1.06. The van der Waals surface area contributed by atoms with E-state index in [2.05, 4.69) is 21.2 Å². The predicted molar refractivity (Wildman–Crippen MR) is 102 cm³/mol. The van der Waals surface area contributed by atoms with Crippen molar-refractivity contribution in [1.82, 2.24) is 0 Å². The molecule has 1 amide bonds. The summed E-state index contributed by atoms with van der Waals surface area (Å²) in [6, 6.07) is 8.49. The van der Waals surface area contributed by atoms with E-state index in [0.29, 0.717) is 40.1 Å². The largest absolute Gasteiger partial charge is 0.495 e. The van der Waals surface area contributed by atoms with Gasteiger partial charge in [0.05, 0.1) is 31.5 Å². The molecule has 0 atom stereocenters. The maximum atomic E-state index is 12.6. The maximum Gasteiger partial charge on any atom is 0.255 e. The molecule has 0 bridgehead atoms. The molecule has 0 aliphatic rings. The number of benzene rings is 2. The van der Waals surface area contributed by atoms with Crippen LogP contribution in [0.25, 0.3) is 0 Å². The van der Waals surface area contributed by atoms with Crippen molar-refractivity contribution >= 4 is 39.1 Å². The van der Waals surface area contributed by atoms with Crippen LogP contribution in [0, 0.1) is 0 Å². The summed E-state index contributed by atoms with van der Waals surface area (Å²) in [5, 5.41) is 3.13. The Morgan fingerprint density at radius 1 is 1.16 bits per heavy atom. The highest BCUT2D eigenvalue weighted by Gasteiger charge is 2.17. The highest BCUT2D eigenvalue weighted by Crippen LogP contribution is 2.37. The molecule has 2 aromatic rings. The fourth-order valence-electron chi connectivity index (χ4n) is 2.17. The van der Waals surface area contributed by atoms with E-state index < -0.39 is 0 Å². The Balaban J connectivity index is 2.31. The molecule has 0 aliphatic heterocycles. The number of carbonyl (C=O) groups is 1. The lowest BCUT2D eigenvalue weighted by Crippen LogP contribution is -2.13. The van der Waals surface area contributed by atoms with Crippen LogP contribution < -0.4 is 19.5 Å². The van der Waals surface area contributed by atoms with Gasteiger partial charge >= 0.3 is 0 Å². The zero-order valence-electron chi connectivity index (χ0n) is 14.2. The molecule has 0 aromatic heterocycles. The van der Waals surface area contributed by atoms with Crippen LogP contribution >= 0.6 is 27.5 Å². The summed E-state index contributed by atoms with van der Waals surface area (Å²) in [6.45, 7) is 2.50. The van der Waals surface area contributed by atoms with Gasteiger partial charge in [0, 0.05) is 10.0 Å². The van der Waals surface area contributed by atoms with Crippen molar-refractivity contribution in [2.24, 2.45) is 0 Å². The lowest BCUT2D eigenvalue weighted by Gasteiger charge is -2.14. The van der Waals surface area contributed by atoms with Crippen LogP contribution in [0.15, 0.2) is 34.8 Å². The van der Waals surface area contributed by atoms with Crippen LogP contribution in [0.2, 0.25) is 5.02 Å². The molecule has 1 N–H and O–H groups in total. The molecule has 2 rings (SSSR count). The zero-order valence-corrected chi connectivity index (χ0v) is 16.5. The first-order chi connectivity index (χ1) is 12.0. The highest BCUT2D eigenvalue weighted by atomic mass is 79.9. The van der Waals surface area contributed by atoms with E-state index in [1.54, 1.807) is 31.4 Å². The third-order valence-electron chi connectivity index (χ3n) is 3.35. The molecule has 0 saturated heterocycles. The lowest BCUT2D eigenvalue weighted by atomic mass is 10.1. The molecule has 25 heavy (non-hydrogen) atoms. The number of anilines is 1. The van der Waals surface area contributed by atoms with E-state index in [-0.39, 0.29) is 5.91 Å². The Bertz CT molecular complexity index is 767. The number of carbonyl (C=O) groups excluding carboxylic acids is 1. The Morgan fingerprint density at radius 2 is 1.88 bits per heavy atom. The van der Waals surface area contributed by atoms with E-state index in [1.807, 2.05) is 13.0 Å². The Hall–Kier alpha value is -1.92. The first-order valence-electron chi connectivity index (χ1n) is 7.65. The van der Waals surface area contributed by atoms with Crippen molar-refractivity contribution in [2.45, 2.75) is 13.3 Å². The first kappa shape index (κ1) is 19.4. The summed E-state index contributed by atoms with van der Waals surface area (Å²) in [6.07, 6.45) is 0.838. The zero-order chi connectivity index (χ0) is 18.4. The molecular formula is C18H19BrClNO4. The first-order valence-corrected chi connectivity index (χ1v) is 8.82. The van der Waals surface area contributed by atoms with Crippen LogP contribution in [-0.2, 0) is 0 Å². The number of hydrogen-bond donors (Lipinski definition) is 1. The predicted octanol–water partition coefficient (Wildman–Crippen LogP) is 5.16. The fraction of sp³-hybridized carbons (Fsp3) is 0.278. The summed E-state index contributed by atoms with van der Waals surface area (Å²) in [5.41, 5.74) is 0.899. The molecule has 2 aromatic carbocycles. The SMILES string of the molecule is CCCOc1c(Cl)cc(C(=O)Nc2cc(Br)ccc2OC)cc1OC. The minimum absolute atomic E-state index is 0.319. The number of ether oxygens (including phenoxy) is 3. The normalized spacial score (nSPS) is 10.3. The maximum absolute atomic E-state index is 12.6. The highest BCUT2D eigenvalue weighted by molar-refractivity contribution is 9.10. The summed E-state index contributed by atoms with van der Waals surface area (Å²) >= 11 is 9.64. The van der Waals surface area contributed by atoms with E-state index in [1.165, 1.54) is 7.11 Å². The Labute approximate surface area is 160 Å². The topological polar surface area (TPSA) is 56.8 Å². The molecule has 0 spiro atoms. The van der Waals surface area contributed by atoms with Gasteiger partial charge in [0.15, 0.2) is 11.5 Å². The number of nitrogens with one attached hydrogen (secondary N) is 1. The smallest absolute Gasteiger partial charge is 0.255 e. The molecule has 0 saturated carbocycles. The van der Waals surface area contributed by atoms with Gasteiger partial charge in [-0.05, 0) is 36.8 Å². The van der Waals surface area contributed by atoms with Crippen molar-refractivity contribution in [3.8, 4) is 17.2 Å². The molecule has 0 aliphatic carbocycles. The molecule has 0 fully saturated rings. The van der Waals surface area contributed by atoms with Crippen molar-refractivity contribution in [3.63, 3.8) is 0 Å². The molecule has 0 unspecified atom stereocenters. The summed E-state index contributed by atoms with van der Waals surface area (Å²) in [4.78, 5) is 12.6. The van der Waals surface area contributed by atoms with E-state index in [9.17, 15) is 4.79 Å². The van der Waals surface area contributed by atoms with Gasteiger partial charge < -0.3 is 19.5 Å². The van der Waals surface area contributed by atoms with Gasteiger partial charge in [-0.3, -0.25) is 4.79 Å². The number of rotatable bonds is 7. The number of methoxy groups -OCH3 is 2. The second kappa shape index (κ2) is 8.97. The lowest BCUT2D eigenvalue weighted by molar-refractivity contribution is 0.102. The van der Waals surface area contributed by atoms with Gasteiger partial charge in [-0.2, -0.15) is 0 Å². The number of amides is 1. The van der Waals surface area contributed by atoms with Gasteiger partial charge in [-0.25, -0.2) is 0 Å². The van der Waals surface area contributed by atoms with Crippen molar-refractivity contribution in [3.05, 3.63) is 45.4 Å². The van der Waals surface area contributed by atoms with Crippen LogP contribution in [0.4, 0.5) is 5.69 Å². The van der Waals surface area contributed by atoms with Crippen LogP contribution in [-0.4, -0.2) is 26.7 Å². The van der Waals surface area contributed by atoms with Crippen LogP contribution in [0.3, 0.4) is 0 Å². The minimum Gasteiger partial charge on any atom is -0.495 e. The van der Waals surface area contributed by atoms with Crippen molar-refractivity contribution < 1.29 is 19.0 Å². The summed E-state index contributed by atoms with van der Waals surface area (Å²) < 4.78 is 17.0. The molecule has 0 heterocycles. The minimum atomic E-state index is -0.335. The molecule has 0 radical (unpaired) electrons. The Morgan fingerprint density at radius 3 is 2.52 bits per heavy atom. The van der Waals surface area contributed by atoms with Crippen molar-refractivity contribution in [1.29, 1.82) is 0 Å². The second-order valence-corrected chi connectivity index (χ2v) is 6.46. The molecule has 134 valence electrons. The van der Waals surface area contributed by atoms with Crippen molar-refractivity contribution in [2.75, 3.05) is 26.1 Å². The molecule has 7 heteroatoms. The second-order valence-electron chi connectivity index (χ2n) is 5.14.